The zero-order valence-electron chi connectivity index (χ0n) is 23.0. The van der Waals surface area contributed by atoms with Crippen molar-refractivity contribution in [1.82, 2.24) is 5.43 Å². The summed E-state index contributed by atoms with van der Waals surface area (Å²) in [5, 5.41) is 6.37. The Morgan fingerprint density at radius 2 is 1.58 bits per heavy atom. The third kappa shape index (κ3) is 7.71. The normalized spacial score (nSPS) is 11.7. The van der Waals surface area contributed by atoms with E-state index in [-0.39, 0.29) is 16.3 Å². The minimum absolute atomic E-state index is 0.164. The number of halogens is 2. The Labute approximate surface area is 258 Å². The van der Waals surface area contributed by atoms with Crippen molar-refractivity contribution in [2.24, 2.45) is 5.10 Å². The topological polar surface area (TPSA) is 86.2 Å². The molecular formula is C34H26Cl2N2O5. The van der Waals surface area contributed by atoms with Crippen LogP contribution in [0.25, 0.3) is 10.8 Å². The zero-order valence-corrected chi connectivity index (χ0v) is 24.5. The highest BCUT2D eigenvalue weighted by atomic mass is 35.5. The lowest BCUT2D eigenvalue weighted by atomic mass is 10.0. The number of nitrogens with zero attached hydrogens (tertiary/aromatic N) is 1. The second kappa shape index (κ2) is 13.9. The lowest BCUT2D eigenvalue weighted by Gasteiger charge is -2.14. The number of ether oxygens (including phenoxy) is 3. The number of fused-ring (bicyclic) bond motifs is 1. The predicted molar refractivity (Wildman–Crippen MR) is 168 cm³/mol. The number of hydrogen-bond acceptors (Lipinski definition) is 6. The zero-order chi connectivity index (χ0) is 30.2. The maximum atomic E-state index is 12.9. The Hall–Kier alpha value is -4.85. The molecule has 43 heavy (non-hydrogen) atoms. The molecule has 0 aromatic heterocycles. The molecule has 1 unspecified atom stereocenters. The minimum Gasteiger partial charge on any atom is -0.489 e. The first-order valence-electron chi connectivity index (χ1n) is 13.3. The fourth-order valence-electron chi connectivity index (χ4n) is 4.17. The van der Waals surface area contributed by atoms with Gasteiger partial charge in [-0.3, -0.25) is 4.79 Å². The van der Waals surface area contributed by atoms with Gasteiger partial charge in [-0.1, -0.05) is 83.9 Å². The average molecular weight is 613 g/mol. The summed E-state index contributed by atoms with van der Waals surface area (Å²) in [6.07, 6.45) is 0.586. The number of rotatable bonds is 10. The van der Waals surface area contributed by atoms with E-state index in [9.17, 15) is 9.59 Å². The van der Waals surface area contributed by atoms with E-state index in [1.165, 1.54) is 18.3 Å². The highest BCUT2D eigenvalue weighted by molar-refractivity contribution is 6.36. The van der Waals surface area contributed by atoms with Gasteiger partial charge in [0, 0.05) is 10.6 Å². The number of carbonyl (C=O) groups is 2. The standard InChI is InChI=1S/C34H26Cl2N2O5/c1-22(42-27-15-13-26(14-16-27)41-21-23-7-3-2-4-8-23)33(39)38-37-20-30-28-10-6-5-9-24(28)11-18-32(30)43-34(40)29-17-12-25(35)19-31(29)36/h2-20,22H,21H2,1H3,(H,38,39). The van der Waals surface area contributed by atoms with Crippen LogP contribution >= 0.6 is 23.2 Å². The lowest BCUT2D eigenvalue weighted by molar-refractivity contribution is -0.127. The van der Waals surface area contributed by atoms with Crippen LogP contribution in [0.2, 0.25) is 10.0 Å². The van der Waals surface area contributed by atoms with Crippen molar-refractivity contribution in [3.63, 3.8) is 0 Å². The first kappa shape index (κ1) is 29.6. The Bertz CT molecular complexity index is 1780. The van der Waals surface area contributed by atoms with Gasteiger partial charge in [-0.25, -0.2) is 10.2 Å². The van der Waals surface area contributed by atoms with Crippen LogP contribution in [0, 0.1) is 0 Å². The molecule has 0 fully saturated rings. The molecule has 5 aromatic carbocycles. The lowest BCUT2D eigenvalue weighted by Crippen LogP contribution is -2.33. The van der Waals surface area contributed by atoms with Gasteiger partial charge in [0.1, 0.15) is 23.9 Å². The van der Waals surface area contributed by atoms with Crippen LogP contribution in [-0.4, -0.2) is 24.2 Å². The highest BCUT2D eigenvalue weighted by Gasteiger charge is 2.17. The van der Waals surface area contributed by atoms with E-state index in [1.54, 1.807) is 43.3 Å². The third-order valence-electron chi connectivity index (χ3n) is 6.41. The van der Waals surface area contributed by atoms with Gasteiger partial charge in [-0.05, 0) is 71.8 Å². The van der Waals surface area contributed by atoms with E-state index in [2.05, 4.69) is 10.5 Å². The first-order chi connectivity index (χ1) is 20.9. The molecule has 0 aliphatic heterocycles. The molecule has 0 radical (unpaired) electrons. The molecule has 1 atom stereocenters. The third-order valence-corrected chi connectivity index (χ3v) is 6.95. The largest absolute Gasteiger partial charge is 0.489 e. The molecule has 216 valence electrons. The van der Waals surface area contributed by atoms with E-state index in [0.717, 1.165) is 16.3 Å². The van der Waals surface area contributed by atoms with Crippen LogP contribution in [-0.2, 0) is 11.4 Å². The number of nitrogens with one attached hydrogen (secondary N) is 1. The monoisotopic (exact) mass is 612 g/mol. The summed E-state index contributed by atoms with van der Waals surface area (Å²) < 4.78 is 17.3. The maximum Gasteiger partial charge on any atom is 0.345 e. The summed E-state index contributed by atoms with van der Waals surface area (Å²) >= 11 is 12.2. The van der Waals surface area contributed by atoms with Crippen LogP contribution in [0.15, 0.2) is 114 Å². The van der Waals surface area contributed by atoms with Crippen LogP contribution < -0.4 is 19.6 Å². The predicted octanol–water partition coefficient (Wildman–Crippen LogP) is 7.86. The van der Waals surface area contributed by atoms with Crippen molar-refractivity contribution in [2.45, 2.75) is 19.6 Å². The van der Waals surface area contributed by atoms with E-state index < -0.39 is 18.0 Å². The van der Waals surface area contributed by atoms with E-state index >= 15 is 0 Å². The van der Waals surface area contributed by atoms with Crippen molar-refractivity contribution in [3.8, 4) is 17.2 Å². The fraction of sp³-hybridized carbons (Fsp3) is 0.0882. The second-order valence-electron chi connectivity index (χ2n) is 9.45. The average Bonchev–Trinajstić information content (AvgIpc) is 3.02. The van der Waals surface area contributed by atoms with Gasteiger partial charge < -0.3 is 14.2 Å². The van der Waals surface area contributed by atoms with Gasteiger partial charge in [-0.2, -0.15) is 5.10 Å². The Kier molecular flexibility index (Phi) is 9.56. The van der Waals surface area contributed by atoms with Crippen LogP contribution in [0.4, 0.5) is 0 Å². The van der Waals surface area contributed by atoms with Crippen LogP contribution in [0.5, 0.6) is 17.2 Å². The molecule has 1 amide bonds. The fourth-order valence-corrected chi connectivity index (χ4v) is 4.66. The van der Waals surface area contributed by atoms with Gasteiger partial charge in [0.25, 0.3) is 5.91 Å². The van der Waals surface area contributed by atoms with E-state index in [1.807, 2.05) is 60.7 Å². The van der Waals surface area contributed by atoms with Gasteiger partial charge >= 0.3 is 5.97 Å². The highest BCUT2D eigenvalue weighted by Crippen LogP contribution is 2.29. The summed E-state index contributed by atoms with van der Waals surface area (Å²) in [6.45, 7) is 2.07. The number of hydrogen-bond donors (Lipinski definition) is 1. The molecule has 5 aromatic rings. The van der Waals surface area contributed by atoms with Gasteiger partial charge in [0.15, 0.2) is 6.10 Å². The SMILES string of the molecule is CC(Oc1ccc(OCc2ccccc2)cc1)C(=O)NN=Cc1c(OC(=O)c2ccc(Cl)cc2Cl)ccc2ccccc12. The molecular weight excluding hydrogens is 587 g/mol. The first-order valence-corrected chi connectivity index (χ1v) is 14.1. The molecule has 0 spiro atoms. The second-order valence-corrected chi connectivity index (χ2v) is 10.3. The Morgan fingerprint density at radius 3 is 2.35 bits per heavy atom. The maximum absolute atomic E-state index is 12.9. The Morgan fingerprint density at radius 1 is 0.860 bits per heavy atom. The van der Waals surface area contributed by atoms with Crippen molar-refractivity contribution in [1.29, 1.82) is 0 Å². The molecule has 7 nitrogen and oxygen atoms in total. The van der Waals surface area contributed by atoms with Crippen molar-refractivity contribution in [3.05, 3.63) is 136 Å². The van der Waals surface area contributed by atoms with Gasteiger partial charge in [0.05, 0.1) is 16.8 Å². The summed E-state index contributed by atoms with van der Waals surface area (Å²) in [7, 11) is 0. The summed E-state index contributed by atoms with van der Waals surface area (Å²) in [5.74, 6) is 0.304. The smallest absolute Gasteiger partial charge is 0.345 e. The summed E-state index contributed by atoms with van der Waals surface area (Å²) in [5.41, 5.74) is 4.22. The molecule has 5 rings (SSSR count). The van der Waals surface area contributed by atoms with Crippen LogP contribution in [0.3, 0.4) is 0 Å². The molecule has 0 bridgehead atoms. The van der Waals surface area contributed by atoms with Crippen molar-refractivity contribution in [2.75, 3.05) is 0 Å². The quantitative estimate of drug-likeness (QED) is 0.0750. The van der Waals surface area contributed by atoms with Crippen LogP contribution in [0.1, 0.15) is 28.4 Å². The number of carbonyl (C=O) groups excluding carboxylic acids is 2. The number of esters is 1. The van der Waals surface area contributed by atoms with Crippen molar-refractivity contribution < 1.29 is 23.8 Å². The molecule has 0 aliphatic rings. The molecule has 9 heteroatoms. The molecule has 0 saturated carbocycles. The molecule has 0 aliphatic carbocycles. The van der Waals surface area contributed by atoms with Crippen molar-refractivity contribution >= 4 is 52.1 Å². The van der Waals surface area contributed by atoms with Gasteiger partial charge in [-0.15, -0.1) is 0 Å². The number of benzene rings is 5. The molecule has 1 N–H and O–H groups in total. The summed E-state index contributed by atoms with van der Waals surface area (Å²) in [4.78, 5) is 25.7. The number of amides is 1. The molecule has 0 saturated heterocycles. The summed E-state index contributed by atoms with van der Waals surface area (Å²) in [6, 6.07) is 32.4. The van der Waals surface area contributed by atoms with E-state index in [0.29, 0.717) is 28.7 Å². The van der Waals surface area contributed by atoms with Gasteiger partial charge in [0.2, 0.25) is 0 Å². The Balaban J connectivity index is 1.24. The van der Waals surface area contributed by atoms with E-state index in [4.69, 9.17) is 37.4 Å². The number of hydrazone groups is 1. The molecule has 0 heterocycles. The minimum atomic E-state index is -0.843.